The molecule has 1 fully saturated rings. The lowest BCUT2D eigenvalue weighted by atomic mass is 10.1. The minimum Gasteiger partial charge on any atom is -0.487 e. The van der Waals surface area contributed by atoms with Gasteiger partial charge in [0.15, 0.2) is 0 Å². The monoisotopic (exact) mass is 641 g/mol. The van der Waals surface area contributed by atoms with Crippen molar-refractivity contribution in [3.63, 3.8) is 0 Å². The Hall–Kier alpha value is -2.58. The van der Waals surface area contributed by atoms with Crippen molar-refractivity contribution in [1.82, 2.24) is 4.90 Å². The topological polar surface area (TPSA) is 46.6 Å². The van der Waals surface area contributed by atoms with Gasteiger partial charge < -0.3 is 4.74 Å². The van der Waals surface area contributed by atoms with Crippen LogP contribution in [0.3, 0.4) is 0 Å². The van der Waals surface area contributed by atoms with Gasteiger partial charge in [0.2, 0.25) is 0 Å². The molecule has 0 atom stereocenters. The van der Waals surface area contributed by atoms with Crippen LogP contribution in [0.2, 0.25) is 5.02 Å². The summed E-state index contributed by atoms with van der Waals surface area (Å²) in [6.45, 7) is 0.581. The molecular formula is C28H18Br2ClNO3S. The number of amides is 2. The zero-order valence-corrected chi connectivity index (χ0v) is 23.5. The lowest BCUT2D eigenvalue weighted by molar-refractivity contribution is -0.123. The van der Waals surface area contributed by atoms with E-state index in [9.17, 15) is 9.59 Å². The summed E-state index contributed by atoms with van der Waals surface area (Å²) in [5, 5.41) is 2.57. The molecule has 0 N–H and O–H groups in total. The number of rotatable bonds is 6. The summed E-state index contributed by atoms with van der Waals surface area (Å²) in [6, 6.07) is 25.2. The fourth-order valence-corrected chi connectivity index (χ4v) is 6.48. The minimum atomic E-state index is -0.325. The highest BCUT2D eigenvalue weighted by Crippen LogP contribution is 2.38. The van der Waals surface area contributed by atoms with Crippen molar-refractivity contribution in [1.29, 1.82) is 0 Å². The molecule has 2 amide bonds. The Kier molecular flexibility index (Phi) is 7.53. The van der Waals surface area contributed by atoms with Crippen molar-refractivity contribution >= 4 is 83.2 Å². The van der Waals surface area contributed by atoms with Crippen LogP contribution >= 0.6 is 55.2 Å². The average Bonchev–Trinajstić information content (AvgIpc) is 3.11. The maximum Gasteiger partial charge on any atom is 0.293 e. The molecule has 0 spiro atoms. The van der Waals surface area contributed by atoms with Gasteiger partial charge in [-0.05, 0) is 101 Å². The van der Waals surface area contributed by atoms with Crippen LogP contribution in [0, 0.1) is 0 Å². The molecule has 4 aromatic carbocycles. The molecule has 1 aliphatic rings. The van der Waals surface area contributed by atoms with Crippen molar-refractivity contribution in [2.75, 3.05) is 0 Å². The van der Waals surface area contributed by atoms with Crippen LogP contribution in [-0.4, -0.2) is 16.0 Å². The van der Waals surface area contributed by atoms with Gasteiger partial charge in [-0.3, -0.25) is 14.5 Å². The first kappa shape index (κ1) is 25.1. The van der Waals surface area contributed by atoms with Gasteiger partial charge in [0.1, 0.15) is 12.4 Å². The molecule has 4 aromatic rings. The first-order valence-electron chi connectivity index (χ1n) is 11.0. The predicted molar refractivity (Wildman–Crippen MR) is 153 cm³/mol. The van der Waals surface area contributed by atoms with Gasteiger partial charge in [-0.2, -0.15) is 0 Å². The lowest BCUT2D eigenvalue weighted by Gasteiger charge is -2.13. The molecular weight excluding hydrogens is 626 g/mol. The Balaban J connectivity index is 1.33. The van der Waals surface area contributed by atoms with E-state index in [4.69, 9.17) is 16.3 Å². The fourth-order valence-electron chi connectivity index (χ4n) is 3.97. The third-order valence-corrected chi connectivity index (χ3v) is 7.99. The predicted octanol–water partition coefficient (Wildman–Crippen LogP) is 8.83. The summed E-state index contributed by atoms with van der Waals surface area (Å²) in [5.74, 6) is 0.336. The van der Waals surface area contributed by atoms with Crippen LogP contribution in [-0.2, 0) is 17.9 Å². The molecule has 1 heterocycles. The number of halogens is 3. The number of fused-ring (bicyclic) bond motifs is 1. The van der Waals surface area contributed by atoms with E-state index in [2.05, 4.69) is 56.1 Å². The highest BCUT2D eigenvalue weighted by atomic mass is 79.9. The summed E-state index contributed by atoms with van der Waals surface area (Å²) >= 11 is 14.2. The summed E-state index contributed by atoms with van der Waals surface area (Å²) in [7, 11) is 0. The van der Waals surface area contributed by atoms with Crippen molar-refractivity contribution in [3.8, 4) is 5.75 Å². The number of benzene rings is 4. The molecule has 180 valence electrons. The zero-order valence-electron chi connectivity index (χ0n) is 18.7. The number of ether oxygens (including phenoxy) is 1. The van der Waals surface area contributed by atoms with E-state index in [1.807, 2.05) is 36.4 Å². The quantitative estimate of drug-likeness (QED) is 0.197. The first-order valence-corrected chi connectivity index (χ1v) is 13.8. The second kappa shape index (κ2) is 10.8. The number of hydrogen-bond acceptors (Lipinski definition) is 4. The van der Waals surface area contributed by atoms with Gasteiger partial charge in [0, 0.05) is 5.02 Å². The van der Waals surface area contributed by atoms with Gasteiger partial charge in [-0.25, -0.2) is 0 Å². The van der Waals surface area contributed by atoms with Gasteiger partial charge in [-0.15, -0.1) is 0 Å². The SMILES string of the molecule is O=C1S/C(=C\c2cc(Br)c(OCc3cccc4ccccc34)c(Br)c2)C(=O)N1Cc1cccc(Cl)c1. The number of hydrogen-bond donors (Lipinski definition) is 0. The summed E-state index contributed by atoms with van der Waals surface area (Å²) in [5.41, 5.74) is 2.65. The number of thioether (sulfide) groups is 1. The Bertz CT molecular complexity index is 1510. The maximum atomic E-state index is 12.9. The fraction of sp³-hybridized carbons (Fsp3) is 0.0714. The highest BCUT2D eigenvalue weighted by molar-refractivity contribution is 9.11. The molecule has 1 saturated heterocycles. The lowest BCUT2D eigenvalue weighted by Crippen LogP contribution is -2.27. The normalized spacial score (nSPS) is 14.8. The maximum absolute atomic E-state index is 12.9. The molecule has 1 aliphatic heterocycles. The van der Waals surface area contributed by atoms with E-state index in [0.717, 1.165) is 48.2 Å². The van der Waals surface area contributed by atoms with Crippen LogP contribution in [0.5, 0.6) is 5.75 Å². The van der Waals surface area contributed by atoms with Crippen LogP contribution in [0.4, 0.5) is 4.79 Å². The molecule has 36 heavy (non-hydrogen) atoms. The van der Waals surface area contributed by atoms with E-state index in [-0.39, 0.29) is 17.7 Å². The molecule has 0 unspecified atom stereocenters. The smallest absolute Gasteiger partial charge is 0.293 e. The largest absolute Gasteiger partial charge is 0.487 e. The second-order valence-corrected chi connectivity index (χ2v) is 11.3. The minimum absolute atomic E-state index is 0.177. The number of carbonyl (C=O) groups excluding carboxylic acids is 2. The van der Waals surface area contributed by atoms with Crippen molar-refractivity contribution < 1.29 is 14.3 Å². The Morgan fingerprint density at radius 2 is 1.64 bits per heavy atom. The van der Waals surface area contributed by atoms with Gasteiger partial charge in [-0.1, -0.05) is 66.2 Å². The molecule has 0 bridgehead atoms. The van der Waals surface area contributed by atoms with Crippen molar-refractivity contribution in [3.05, 3.63) is 114 Å². The van der Waals surface area contributed by atoms with Crippen LogP contribution < -0.4 is 4.74 Å². The zero-order chi connectivity index (χ0) is 25.2. The molecule has 0 aromatic heterocycles. The molecule has 0 aliphatic carbocycles. The van der Waals surface area contributed by atoms with Crippen molar-refractivity contribution in [2.24, 2.45) is 0 Å². The summed E-state index contributed by atoms with van der Waals surface area (Å²) < 4.78 is 7.63. The standard InChI is InChI=1S/C28H18Br2ClNO3S/c29-23-12-18(14-25-27(33)32(28(34)36-25)15-17-5-3-9-21(31)11-17)13-24(30)26(23)35-16-20-8-4-7-19-6-1-2-10-22(19)20/h1-14H,15-16H2/b25-14-. The molecule has 8 heteroatoms. The Labute approximate surface area is 234 Å². The molecule has 0 saturated carbocycles. The van der Waals surface area contributed by atoms with E-state index >= 15 is 0 Å². The third kappa shape index (κ3) is 5.39. The first-order chi connectivity index (χ1) is 17.4. The Morgan fingerprint density at radius 3 is 2.42 bits per heavy atom. The van der Waals surface area contributed by atoms with Gasteiger partial charge >= 0.3 is 0 Å². The van der Waals surface area contributed by atoms with Crippen LogP contribution in [0.25, 0.3) is 16.8 Å². The second-order valence-electron chi connectivity index (χ2n) is 8.14. The average molecular weight is 644 g/mol. The molecule has 5 rings (SSSR count). The summed E-state index contributed by atoms with van der Waals surface area (Å²) in [6.07, 6.45) is 1.72. The van der Waals surface area contributed by atoms with E-state index in [0.29, 0.717) is 22.3 Å². The molecule has 4 nitrogen and oxygen atoms in total. The van der Waals surface area contributed by atoms with Gasteiger partial charge in [0.25, 0.3) is 11.1 Å². The number of carbonyl (C=O) groups is 2. The number of imide groups is 1. The van der Waals surface area contributed by atoms with E-state index < -0.39 is 0 Å². The van der Waals surface area contributed by atoms with Crippen molar-refractivity contribution in [2.45, 2.75) is 13.2 Å². The Morgan fingerprint density at radius 1 is 0.917 bits per heavy atom. The van der Waals surface area contributed by atoms with Crippen LogP contribution in [0.1, 0.15) is 16.7 Å². The van der Waals surface area contributed by atoms with Gasteiger partial charge in [0.05, 0.1) is 20.4 Å². The summed E-state index contributed by atoms with van der Waals surface area (Å²) in [4.78, 5) is 27.1. The highest BCUT2D eigenvalue weighted by Gasteiger charge is 2.35. The van der Waals surface area contributed by atoms with E-state index in [1.54, 1.807) is 24.3 Å². The number of nitrogens with zero attached hydrogens (tertiary/aromatic N) is 1. The van der Waals surface area contributed by atoms with E-state index in [1.165, 1.54) is 4.90 Å². The third-order valence-electron chi connectivity index (χ3n) is 5.67. The molecule has 0 radical (unpaired) electrons. The van der Waals surface area contributed by atoms with Crippen LogP contribution in [0.15, 0.2) is 92.7 Å².